The van der Waals surface area contributed by atoms with Crippen LogP contribution in [0.4, 0.5) is 0 Å². The number of hydrogen-bond acceptors (Lipinski definition) is 6. The van der Waals surface area contributed by atoms with E-state index in [0.29, 0.717) is 5.75 Å². The van der Waals surface area contributed by atoms with E-state index in [2.05, 4.69) is 0 Å². The molecular formula is C14H18O5S. The monoisotopic (exact) mass is 298 g/mol. The first-order valence-electron chi connectivity index (χ1n) is 6.26. The average molecular weight is 298 g/mol. The summed E-state index contributed by atoms with van der Waals surface area (Å²) in [6, 6.07) is 7.15. The fourth-order valence-corrected chi connectivity index (χ4v) is 2.00. The van der Waals surface area contributed by atoms with Gasteiger partial charge in [0.25, 0.3) is 6.10 Å². The lowest BCUT2D eigenvalue weighted by Crippen LogP contribution is -2.38. The van der Waals surface area contributed by atoms with Crippen LogP contribution >= 0.6 is 11.8 Å². The highest BCUT2D eigenvalue weighted by Crippen LogP contribution is 2.28. The SMILES string of the molecule is CCOC(=O)C(Oc1ccccc1SC)C(=O)OCC. The van der Waals surface area contributed by atoms with Crippen LogP contribution in [0.2, 0.25) is 0 Å². The van der Waals surface area contributed by atoms with E-state index < -0.39 is 18.0 Å². The number of hydrogen-bond donors (Lipinski definition) is 0. The molecular weight excluding hydrogens is 280 g/mol. The van der Waals surface area contributed by atoms with Crippen molar-refractivity contribution in [1.82, 2.24) is 0 Å². The van der Waals surface area contributed by atoms with Gasteiger partial charge in [-0.1, -0.05) is 12.1 Å². The molecule has 1 aromatic carbocycles. The number of benzene rings is 1. The zero-order chi connectivity index (χ0) is 15.0. The Labute approximate surface area is 122 Å². The molecule has 5 nitrogen and oxygen atoms in total. The molecule has 6 heteroatoms. The third-order valence-electron chi connectivity index (χ3n) is 2.32. The molecule has 0 amide bonds. The minimum absolute atomic E-state index is 0.169. The number of para-hydroxylation sites is 1. The molecule has 0 N–H and O–H groups in total. The fraction of sp³-hybridized carbons (Fsp3) is 0.429. The molecule has 110 valence electrons. The number of carbonyl (C=O) groups excluding carboxylic acids is 2. The van der Waals surface area contributed by atoms with Crippen LogP contribution in [0.25, 0.3) is 0 Å². The van der Waals surface area contributed by atoms with Gasteiger partial charge in [-0.05, 0) is 32.2 Å². The van der Waals surface area contributed by atoms with Gasteiger partial charge in [-0.25, -0.2) is 9.59 Å². The van der Waals surface area contributed by atoms with Crippen LogP contribution in [0.3, 0.4) is 0 Å². The molecule has 0 saturated carbocycles. The van der Waals surface area contributed by atoms with Crippen molar-refractivity contribution in [3.8, 4) is 5.75 Å². The van der Waals surface area contributed by atoms with Crippen LogP contribution < -0.4 is 4.74 Å². The molecule has 0 spiro atoms. The molecule has 0 aliphatic carbocycles. The summed E-state index contributed by atoms with van der Waals surface area (Å²) in [5.74, 6) is -1.05. The molecule has 0 aliphatic heterocycles. The van der Waals surface area contributed by atoms with E-state index in [1.807, 2.05) is 18.4 Å². The predicted molar refractivity (Wildman–Crippen MR) is 75.9 cm³/mol. The average Bonchev–Trinajstić information content (AvgIpc) is 2.45. The first kappa shape index (κ1) is 16.4. The van der Waals surface area contributed by atoms with Crippen molar-refractivity contribution in [2.45, 2.75) is 24.8 Å². The van der Waals surface area contributed by atoms with Gasteiger partial charge in [0.2, 0.25) is 0 Å². The van der Waals surface area contributed by atoms with Gasteiger partial charge in [0.05, 0.1) is 13.2 Å². The van der Waals surface area contributed by atoms with Gasteiger partial charge in [0, 0.05) is 4.90 Å². The Kier molecular flexibility index (Phi) is 6.93. The molecule has 1 aromatic rings. The zero-order valence-electron chi connectivity index (χ0n) is 11.8. The van der Waals surface area contributed by atoms with Gasteiger partial charge >= 0.3 is 11.9 Å². The fourth-order valence-electron chi connectivity index (χ4n) is 1.47. The van der Waals surface area contributed by atoms with Gasteiger partial charge in [-0.15, -0.1) is 11.8 Å². The van der Waals surface area contributed by atoms with E-state index in [9.17, 15) is 9.59 Å². The first-order valence-corrected chi connectivity index (χ1v) is 7.49. The molecule has 0 saturated heterocycles. The Balaban J connectivity index is 2.93. The predicted octanol–water partition coefficient (Wildman–Crippen LogP) is 2.28. The molecule has 1 rings (SSSR count). The maximum atomic E-state index is 11.8. The van der Waals surface area contributed by atoms with Crippen LogP contribution in [0.15, 0.2) is 29.2 Å². The zero-order valence-corrected chi connectivity index (χ0v) is 12.6. The molecule has 0 aliphatic rings. The topological polar surface area (TPSA) is 61.8 Å². The summed E-state index contributed by atoms with van der Waals surface area (Å²) in [5, 5.41) is 0. The Bertz CT molecular complexity index is 443. The van der Waals surface area contributed by atoms with Gasteiger partial charge < -0.3 is 14.2 Å². The minimum Gasteiger partial charge on any atom is -0.466 e. The van der Waals surface area contributed by atoms with E-state index in [0.717, 1.165) is 4.90 Å². The van der Waals surface area contributed by atoms with Crippen molar-refractivity contribution < 1.29 is 23.8 Å². The van der Waals surface area contributed by atoms with Crippen molar-refractivity contribution in [3.05, 3.63) is 24.3 Å². The lowest BCUT2D eigenvalue weighted by molar-refractivity contribution is -0.166. The molecule has 0 aromatic heterocycles. The largest absolute Gasteiger partial charge is 0.466 e. The van der Waals surface area contributed by atoms with E-state index >= 15 is 0 Å². The van der Waals surface area contributed by atoms with E-state index in [-0.39, 0.29) is 13.2 Å². The summed E-state index contributed by atoms with van der Waals surface area (Å²) >= 11 is 1.46. The standard InChI is InChI=1S/C14H18O5S/c1-4-17-13(15)12(14(16)18-5-2)19-10-8-6-7-9-11(10)20-3/h6-9,12H,4-5H2,1-3H3. The molecule has 0 atom stereocenters. The van der Waals surface area contributed by atoms with E-state index in [1.54, 1.807) is 26.0 Å². The summed E-state index contributed by atoms with van der Waals surface area (Å²) < 4.78 is 15.2. The summed E-state index contributed by atoms with van der Waals surface area (Å²) in [6.07, 6.45) is 0.481. The van der Waals surface area contributed by atoms with Crippen LogP contribution in [0.1, 0.15) is 13.8 Å². The second kappa shape index (κ2) is 8.47. The van der Waals surface area contributed by atoms with Crippen molar-refractivity contribution in [3.63, 3.8) is 0 Å². The summed E-state index contributed by atoms with van der Waals surface area (Å²) in [7, 11) is 0. The molecule has 0 unspecified atom stereocenters. The van der Waals surface area contributed by atoms with E-state index in [4.69, 9.17) is 14.2 Å². The normalized spacial score (nSPS) is 10.2. The molecule has 0 radical (unpaired) electrons. The number of rotatable bonds is 7. The second-order valence-corrected chi connectivity index (χ2v) is 4.50. The lowest BCUT2D eigenvalue weighted by atomic mass is 10.3. The van der Waals surface area contributed by atoms with Gasteiger partial charge in [-0.3, -0.25) is 0 Å². The summed E-state index contributed by atoms with van der Waals surface area (Å²) in [4.78, 5) is 24.4. The Hall–Kier alpha value is -1.69. The van der Waals surface area contributed by atoms with Gasteiger partial charge in [0.15, 0.2) is 0 Å². The summed E-state index contributed by atoms with van der Waals surface area (Å²) in [6.45, 7) is 3.66. The Morgan fingerprint density at radius 2 is 1.65 bits per heavy atom. The van der Waals surface area contributed by atoms with Crippen molar-refractivity contribution in [2.24, 2.45) is 0 Å². The Morgan fingerprint density at radius 1 is 1.10 bits per heavy atom. The van der Waals surface area contributed by atoms with Crippen molar-refractivity contribution >= 4 is 23.7 Å². The number of ether oxygens (including phenoxy) is 3. The van der Waals surface area contributed by atoms with Crippen LogP contribution in [-0.4, -0.2) is 37.5 Å². The first-order chi connectivity index (χ1) is 9.63. The highest BCUT2D eigenvalue weighted by molar-refractivity contribution is 7.98. The maximum absolute atomic E-state index is 11.8. The van der Waals surface area contributed by atoms with Crippen LogP contribution in [0, 0.1) is 0 Å². The smallest absolute Gasteiger partial charge is 0.359 e. The highest BCUT2D eigenvalue weighted by Gasteiger charge is 2.32. The highest BCUT2D eigenvalue weighted by atomic mass is 32.2. The minimum atomic E-state index is -1.40. The summed E-state index contributed by atoms with van der Waals surface area (Å²) in [5.41, 5.74) is 0. The molecule has 0 bridgehead atoms. The van der Waals surface area contributed by atoms with Crippen LogP contribution in [0.5, 0.6) is 5.75 Å². The quantitative estimate of drug-likeness (QED) is 0.437. The van der Waals surface area contributed by atoms with Gasteiger partial charge in [0.1, 0.15) is 5.75 Å². The number of thioether (sulfide) groups is 1. The van der Waals surface area contributed by atoms with Crippen molar-refractivity contribution in [2.75, 3.05) is 19.5 Å². The second-order valence-electron chi connectivity index (χ2n) is 3.65. The molecule has 0 fully saturated rings. The number of carbonyl (C=O) groups is 2. The third-order valence-corrected chi connectivity index (χ3v) is 3.09. The lowest BCUT2D eigenvalue weighted by Gasteiger charge is -2.17. The molecule has 0 heterocycles. The van der Waals surface area contributed by atoms with E-state index in [1.165, 1.54) is 11.8 Å². The number of esters is 2. The third kappa shape index (κ3) is 4.45. The Morgan fingerprint density at radius 3 is 2.15 bits per heavy atom. The van der Waals surface area contributed by atoms with Crippen LogP contribution in [-0.2, 0) is 19.1 Å². The van der Waals surface area contributed by atoms with Gasteiger partial charge in [-0.2, -0.15) is 0 Å². The van der Waals surface area contributed by atoms with Crippen molar-refractivity contribution in [1.29, 1.82) is 0 Å². The maximum Gasteiger partial charge on any atom is 0.359 e. The molecule has 20 heavy (non-hydrogen) atoms.